The molecule has 0 saturated heterocycles. The van der Waals surface area contributed by atoms with Gasteiger partial charge in [-0.25, -0.2) is 15.0 Å². The molecule has 4 heteroatoms. The first-order valence-electron chi connectivity index (χ1n) is 18.7. The third-order valence-electron chi connectivity index (χ3n) is 11.7. The summed E-state index contributed by atoms with van der Waals surface area (Å²) in [6, 6.07) is 52.2. The highest BCUT2D eigenvalue weighted by Gasteiger charge is 2.37. The summed E-state index contributed by atoms with van der Waals surface area (Å²) in [4.78, 5) is 15.2. The van der Waals surface area contributed by atoms with Gasteiger partial charge in [-0.15, -0.1) is 0 Å². The van der Waals surface area contributed by atoms with E-state index in [0.29, 0.717) is 17.5 Å². The third kappa shape index (κ3) is 5.23. The first-order chi connectivity index (χ1) is 25.7. The highest BCUT2D eigenvalue weighted by atomic mass is 15.0. The predicted octanol–water partition coefficient (Wildman–Crippen LogP) is 12.6. The summed E-state index contributed by atoms with van der Waals surface area (Å²) in [5.74, 6) is 1.98. The fraction of sp³-hybridized carbons (Fsp3) is 0.163. The summed E-state index contributed by atoms with van der Waals surface area (Å²) in [5, 5.41) is 7.26. The molecule has 53 heavy (non-hydrogen) atoms. The van der Waals surface area contributed by atoms with Gasteiger partial charge in [0.05, 0.1) is 11.0 Å². The quantitative estimate of drug-likeness (QED) is 0.185. The van der Waals surface area contributed by atoms with Crippen molar-refractivity contribution in [2.45, 2.75) is 51.4 Å². The number of hydrogen-bond acceptors (Lipinski definition) is 3. The zero-order valence-corrected chi connectivity index (χ0v) is 30.6. The van der Waals surface area contributed by atoms with E-state index in [9.17, 15) is 0 Å². The van der Waals surface area contributed by atoms with Gasteiger partial charge < -0.3 is 4.57 Å². The topological polar surface area (TPSA) is 43.6 Å². The number of nitrogens with zero attached hydrogens (tertiary/aromatic N) is 4. The van der Waals surface area contributed by atoms with E-state index in [4.69, 9.17) is 15.0 Å². The Hall–Kier alpha value is -6.13. The lowest BCUT2D eigenvalue weighted by atomic mass is 9.63. The van der Waals surface area contributed by atoms with E-state index in [1.54, 1.807) is 0 Å². The monoisotopic (exact) mass is 684 g/mol. The largest absolute Gasteiger partial charge is 0.309 e. The van der Waals surface area contributed by atoms with Crippen molar-refractivity contribution in [3.05, 3.63) is 157 Å². The van der Waals surface area contributed by atoms with Gasteiger partial charge in [-0.1, -0.05) is 131 Å². The first-order valence-corrected chi connectivity index (χ1v) is 18.7. The molecule has 0 fully saturated rings. The van der Waals surface area contributed by atoms with Crippen LogP contribution >= 0.6 is 0 Å². The van der Waals surface area contributed by atoms with Gasteiger partial charge in [0, 0.05) is 33.2 Å². The van der Waals surface area contributed by atoms with Crippen molar-refractivity contribution < 1.29 is 0 Å². The van der Waals surface area contributed by atoms with E-state index in [-0.39, 0.29) is 10.8 Å². The second-order valence-corrected chi connectivity index (χ2v) is 16.0. The lowest BCUT2D eigenvalue weighted by Crippen LogP contribution is -2.33. The highest BCUT2D eigenvalue weighted by molar-refractivity contribution is 6.10. The van der Waals surface area contributed by atoms with E-state index >= 15 is 0 Å². The zero-order valence-electron chi connectivity index (χ0n) is 30.6. The van der Waals surface area contributed by atoms with Crippen LogP contribution < -0.4 is 0 Å². The van der Waals surface area contributed by atoms with Crippen LogP contribution in [0.5, 0.6) is 0 Å². The average Bonchev–Trinajstić information content (AvgIpc) is 3.52. The molecule has 256 valence electrons. The van der Waals surface area contributed by atoms with Gasteiger partial charge in [-0.3, -0.25) is 0 Å². The molecule has 0 radical (unpaired) electrons. The summed E-state index contributed by atoms with van der Waals surface area (Å²) in [6.45, 7) is 9.64. The number of fused-ring (bicyclic) bond motifs is 6. The van der Waals surface area contributed by atoms with Gasteiger partial charge in [0.15, 0.2) is 17.5 Å². The SMILES string of the molecule is CC1(C)CCC(C)(C)c2cc3c(cc21)c1ccccc1n3-c1ccc2ccc(-c3nc(-c4ccccc4)nc(-c4ccc5ccccc5c4)n3)cc2c1. The Bertz CT molecular complexity index is 2900. The number of rotatable bonds is 4. The van der Waals surface area contributed by atoms with Gasteiger partial charge in [-0.2, -0.15) is 0 Å². The molecule has 2 aromatic heterocycles. The minimum Gasteiger partial charge on any atom is -0.309 e. The molecule has 9 aromatic rings. The molecule has 0 N–H and O–H groups in total. The predicted molar refractivity (Wildman–Crippen MR) is 221 cm³/mol. The summed E-state index contributed by atoms with van der Waals surface area (Å²) in [5.41, 5.74) is 9.73. The Morgan fingerprint density at radius 2 is 0.962 bits per heavy atom. The van der Waals surface area contributed by atoms with Crippen LogP contribution in [0.1, 0.15) is 51.7 Å². The molecule has 0 atom stereocenters. The van der Waals surface area contributed by atoms with Crippen molar-refractivity contribution in [1.82, 2.24) is 19.5 Å². The molecular formula is C49H40N4. The summed E-state index contributed by atoms with van der Waals surface area (Å²) >= 11 is 0. The van der Waals surface area contributed by atoms with Crippen LogP contribution in [-0.4, -0.2) is 19.5 Å². The van der Waals surface area contributed by atoms with Gasteiger partial charge in [0.2, 0.25) is 0 Å². The van der Waals surface area contributed by atoms with Gasteiger partial charge in [-0.05, 0) is 98.8 Å². The first kappa shape index (κ1) is 31.6. The zero-order chi connectivity index (χ0) is 35.9. The Morgan fingerprint density at radius 1 is 0.415 bits per heavy atom. The number of hydrogen-bond donors (Lipinski definition) is 0. The standard InChI is InChI=1S/C49H40N4/c1-48(2)24-25-49(3,4)42-30-44-40(29-41(42)48)39-16-10-11-17-43(39)53(44)38-23-22-32-19-21-36(27-37(32)28-38)47-51-45(33-13-6-5-7-14-33)50-46(52-47)35-20-18-31-12-8-9-15-34(31)26-35/h5-23,26-30H,24-25H2,1-4H3. The molecule has 1 aliphatic carbocycles. The smallest absolute Gasteiger partial charge is 0.164 e. The normalized spacial score (nSPS) is 14.9. The molecule has 2 heterocycles. The van der Waals surface area contributed by atoms with Crippen LogP contribution in [0.15, 0.2) is 146 Å². The molecule has 0 spiro atoms. The fourth-order valence-electron chi connectivity index (χ4n) is 8.50. The Balaban J connectivity index is 1.15. The molecule has 7 aromatic carbocycles. The Kier molecular flexibility index (Phi) is 6.97. The molecule has 10 rings (SSSR count). The molecule has 0 unspecified atom stereocenters. The molecule has 0 bridgehead atoms. The van der Waals surface area contributed by atoms with Crippen LogP contribution in [0.2, 0.25) is 0 Å². The number of benzene rings is 7. The summed E-state index contributed by atoms with van der Waals surface area (Å²) in [7, 11) is 0. The van der Waals surface area contributed by atoms with E-state index in [1.165, 1.54) is 56.5 Å². The molecule has 4 nitrogen and oxygen atoms in total. The summed E-state index contributed by atoms with van der Waals surface area (Å²) in [6.07, 6.45) is 2.38. The maximum absolute atomic E-state index is 5.11. The van der Waals surface area contributed by atoms with Gasteiger partial charge >= 0.3 is 0 Å². The second kappa shape index (κ2) is 11.7. The van der Waals surface area contributed by atoms with Crippen molar-refractivity contribution in [1.29, 1.82) is 0 Å². The molecule has 0 aliphatic heterocycles. The molecule has 0 saturated carbocycles. The molecule has 1 aliphatic rings. The van der Waals surface area contributed by atoms with E-state index in [0.717, 1.165) is 33.2 Å². The minimum absolute atomic E-state index is 0.119. The fourth-order valence-corrected chi connectivity index (χ4v) is 8.50. The lowest BCUT2D eigenvalue weighted by Gasteiger charge is -2.42. The van der Waals surface area contributed by atoms with Crippen LogP contribution in [-0.2, 0) is 10.8 Å². The van der Waals surface area contributed by atoms with E-state index in [2.05, 4.69) is 160 Å². The highest BCUT2D eigenvalue weighted by Crippen LogP contribution is 2.48. The number of aromatic nitrogens is 4. The number of para-hydroxylation sites is 1. The van der Waals surface area contributed by atoms with Gasteiger partial charge in [0.25, 0.3) is 0 Å². The minimum atomic E-state index is 0.119. The Morgan fingerprint density at radius 3 is 1.68 bits per heavy atom. The van der Waals surface area contributed by atoms with Crippen molar-refractivity contribution in [3.8, 4) is 39.9 Å². The summed E-state index contributed by atoms with van der Waals surface area (Å²) < 4.78 is 2.46. The van der Waals surface area contributed by atoms with Crippen LogP contribution in [0.3, 0.4) is 0 Å². The van der Waals surface area contributed by atoms with Crippen molar-refractivity contribution in [2.75, 3.05) is 0 Å². The average molecular weight is 685 g/mol. The Labute approximate surface area is 309 Å². The second-order valence-electron chi connectivity index (χ2n) is 16.0. The maximum Gasteiger partial charge on any atom is 0.164 e. The van der Waals surface area contributed by atoms with Crippen LogP contribution in [0.4, 0.5) is 0 Å². The lowest BCUT2D eigenvalue weighted by molar-refractivity contribution is 0.332. The van der Waals surface area contributed by atoms with Crippen molar-refractivity contribution in [3.63, 3.8) is 0 Å². The van der Waals surface area contributed by atoms with Crippen molar-refractivity contribution >= 4 is 43.4 Å². The molecular weight excluding hydrogens is 645 g/mol. The molecule has 0 amide bonds. The van der Waals surface area contributed by atoms with E-state index < -0.39 is 0 Å². The van der Waals surface area contributed by atoms with Crippen molar-refractivity contribution in [2.24, 2.45) is 0 Å². The maximum atomic E-state index is 5.11. The van der Waals surface area contributed by atoms with Crippen LogP contribution in [0, 0.1) is 0 Å². The van der Waals surface area contributed by atoms with Gasteiger partial charge in [0.1, 0.15) is 0 Å². The van der Waals surface area contributed by atoms with Crippen LogP contribution in [0.25, 0.3) is 83.2 Å². The van der Waals surface area contributed by atoms with E-state index in [1.807, 2.05) is 18.2 Å². The third-order valence-corrected chi connectivity index (χ3v) is 11.7.